The van der Waals surface area contributed by atoms with Gasteiger partial charge in [-0.2, -0.15) is 0 Å². The Kier molecular flexibility index (Phi) is 1.88. The number of hydrogen-bond acceptors (Lipinski definition) is 2. The van der Waals surface area contributed by atoms with Gasteiger partial charge in [0.05, 0.1) is 0 Å². The molecule has 0 N–H and O–H groups in total. The lowest BCUT2D eigenvalue weighted by molar-refractivity contribution is -0.0961. The molecule has 0 saturated heterocycles. The number of aliphatic imine (C=N–C) groups is 1. The van der Waals surface area contributed by atoms with Gasteiger partial charge in [0.1, 0.15) is 12.1 Å². The molecule has 1 heterocycles. The van der Waals surface area contributed by atoms with E-state index in [1.807, 2.05) is 6.92 Å². The van der Waals surface area contributed by atoms with Crippen LogP contribution in [0.15, 0.2) is 4.99 Å². The van der Waals surface area contributed by atoms with Gasteiger partial charge in [-0.3, -0.25) is 0 Å². The predicted octanol–water partition coefficient (Wildman–Crippen LogP) is 3.41. The van der Waals surface area contributed by atoms with Crippen LogP contribution in [0.3, 0.4) is 0 Å². The SMILES string of the molecule is CC1=NC(C)(C23CC4CC(CC(C4)C2)C3)CO1. The summed E-state index contributed by atoms with van der Waals surface area (Å²) in [6.45, 7) is 5.22. The highest BCUT2D eigenvalue weighted by molar-refractivity contribution is 5.75. The van der Waals surface area contributed by atoms with Crippen LogP contribution in [0.5, 0.6) is 0 Å². The van der Waals surface area contributed by atoms with Gasteiger partial charge in [0, 0.05) is 6.92 Å². The van der Waals surface area contributed by atoms with Gasteiger partial charge in [0.2, 0.25) is 0 Å². The smallest absolute Gasteiger partial charge is 0.180 e. The third-order valence-electron chi connectivity index (χ3n) is 6.15. The van der Waals surface area contributed by atoms with Crippen LogP contribution < -0.4 is 0 Å². The lowest BCUT2D eigenvalue weighted by Gasteiger charge is -2.60. The maximum absolute atomic E-state index is 5.71. The third-order valence-corrected chi connectivity index (χ3v) is 6.15. The van der Waals surface area contributed by atoms with Crippen molar-refractivity contribution in [3.63, 3.8) is 0 Å². The van der Waals surface area contributed by atoms with Gasteiger partial charge in [0.15, 0.2) is 5.90 Å². The monoisotopic (exact) mass is 233 g/mol. The molecule has 5 rings (SSSR count). The van der Waals surface area contributed by atoms with Crippen LogP contribution in [0.2, 0.25) is 0 Å². The zero-order valence-corrected chi connectivity index (χ0v) is 11.0. The first kappa shape index (κ1) is 10.4. The number of hydrogen-bond donors (Lipinski definition) is 0. The summed E-state index contributed by atoms with van der Waals surface area (Å²) in [7, 11) is 0. The molecular weight excluding hydrogens is 210 g/mol. The topological polar surface area (TPSA) is 21.6 Å². The summed E-state index contributed by atoms with van der Waals surface area (Å²) < 4.78 is 5.71. The second kappa shape index (κ2) is 3.07. The first-order valence-corrected chi connectivity index (χ1v) is 7.28. The zero-order valence-electron chi connectivity index (χ0n) is 11.0. The van der Waals surface area contributed by atoms with Crippen LogP contribution in [0.4, 0.5) is 0 Å². The van der Waals surface area contributed by atoms with Crippen molar-refractivity contribution < 1.29 is 4.74 Å². The van der Waals surface area contributed by atoms with E-state index in [1.165, 1.54) is 38.5 Å². The zero-order chi connectivity index (χ0) is 11.7. The van der Waals surface area contributed by atoms with Gasteiger partial charge < -0.3 is 4.74 Å². The molecule has 94 valence electrons. The molecule has 2 nitrogen and oxygen atoms in total. The Bertz CT molecular complexity index is 351. The molecular formula is C15H23NO. The Morgan fingerprint density at radius 2 is 1.59 bits per heavy atom. The third kappa shape index (κ3) is 1.30. The van der Waals surface area contributed by atoms with Crippen molar-refractivity contribution in [2.45, 2.75) is 57.9 Å². The summed E-state index contributed by atoms with van der Waals surface area (Å²) in [6.07, 6.45) is 8.82. The molecule has 5 aliphatic rings. The van der Waals surface area contributed by atoms with Crippen LogP contribution in [0.1, 0.15) is 52.4 Å². The van der Waals surface area contributed by atoms with Gasteiger partial charge in [-0.1, -0.05) is 0 Å². The van der Waals surface area contributed by atoms with Crippen molar-refractivity contribution in [3.05, 3.63) is 0 Å². The number of nitrogens with zero attached hydrogens (tertiary/aromatic N) is 1. The fourth-order valence-electron chi connectivity index (χ4n) is 5.70. The summed E-state index contributed by atoms with van der Waals surface area (Å²) in [5, 5.41) is 0. The molecule has 0 spiro atoms. The van der Waals surface area contributed by atoms with Gasteiger partial charge in [0.25, 0.3) is 0 Å². The van der Waals surface area contributed by atoms with Gasteiger partial charge >= 0.3 is 0 Å². The Hall–Kier alpha value is -0.530. The van der Waals surface area contributed by atoms with Gasteiger partial charge in [-0.15, -0.1) is 0 Å². The molecule has 17 heavy (non-hydrogen) atoms. The van der Waals surface area contributed by atoms with Crippen molar-refractivity contribution in [2.75, 3.05) is 6.61 Å². The molecule has 4 aliphatic carbocycles. The molecule has 1 atom stereocenters. The van der Waals surface area contributed by atoms with Crippen LogP contribution in [0, 0.1) is 23.2 Å². The molecule has 4 bridgehead atoms. The lowest BCUT2D eigenvalue weighted by atomic mass is 9.45. The highest BCUT2D eigenvalue weighted by Crippen LogP contribution is 2.64. The minimum atomic E-state index is 0.0904. The van der Waals surface area contributed by atoms with E-state index in [0.717, 1.165) is 30.3 Å². The molecule has 2 heteroatoms. The van der Waals surface area contributed by atoms with E-state index in [-0.39, 0.29) is 5.54 Å². The molecule has 0 aromatic heterocycles. The molecule has 4 saturated carbocycles. The molecule has 0 radical (unpaired) electrons. The van der Waals surface area contributed by atoms with Crippen molar-refractivity contribution >= 4 is 5.90 Å². The Morgan fingerprint density at radius 1 is 1.06 bits per heavy atom. The molecule has 0 aromatic carbocycles. The minimum absolute atomic E-state index is 0.0904. The summed E-state index contributed by atoms with van der Waals surface area (Å²) in [5.74, 6) is 3.95. The van der Waals surface area contributed by atoms with Crippen molar-refractivity contribution in [2.24, 2.45) is 28.2 Å². The van der Waals surface area contributed by atoms with Crippen LogP contribution >= 0.6 is 0 Å². The summed E-state index contributed by atoms with van der Waals surface area (Å²) >= 11 is 0. The van der Waals surface area contributed by atoms with Crippen molar-refractivity contribution in [1.82, 2.24) is 0 Å². The van der Waals surface area contributed by atoms with Crippen LogP contribution in [0.25, 0.3) is 0 Å². The fraction of sp³-hybridized carbons (Fsp3) is 0.933. The van der Waals surface area contributed by atoms with E-state index in [0.29, 0.717) is 5.41 Å². The second-order valence-corrected chi connectivity index (χ2v) is 7.39. The molecule has 0 aromatic rings. The quantitative estimate of drug-likeness (QED) is 0.680. The van der Waals surface area contributed by atoms with Crippen LogP contribution in [-0.2, 0) is 4.74 Å². The molecule has 4 fully saturated rings. The van der Waals surface area contributed by atoms with E-state index < -0.39 is 0 Å². The number of ether oxygens (including phenoxy) is 1. The molecule has 0 amide bonds. The Balaban J connectivity index is 1.73. The van der Waals surface area contributed by atoms with Gasteiger partial charge in [-0.25, -0.2) is 4.99 Å². The molecule has 1 aliphatic heterocycles. The summed E-state index contributed by atoms with van der Waals surface area (Å²) in [5.41, 5.74) is 0.576. The maximum atomic E-state index is 5.71. The Labute approximate surface area is 104 Å². The highest BCUT2D eigenvalue weighted by atomic mass is 16.5. The fourth-order valence-corrected chi connectivity index (χ4v) is 5.70. The average molecular weight is 233 g/mol. The van der Waals surface area contributed by atoms with Crippen LogP contribution in [-0.4, -0.2) is 18.0 Å². The van der Waals surface area contributed by atoms with Crippen molar-refractivity contribution in [1.29, 1.82) is 0 Å². The van der Waals surface area contributed by atoms with E-state index in [1.54, 1.807) is 0 Å². The maximum Gasteiger partial charge on any atom is 0.180 e. The van der Waals surface area contributed by atoms with E-state index in [2.05, 4.69) is 6.92 Å². The van der Waals surface area contributed by atoms with E-state index in [4.69, 9.17) is 9.73 Å². The largest absolute Gasteiger partial charge is 0.479 e. The van der Waals surface area contributed by atoms with Crippen molar-refractivity contribution in [3.8, 4) is 0 Å². The van der Waals surface area contributed by atoms with Gasteiger partial charge in [-0.05, 0) is 68.6 Å². The first-order valence-electron chi connectivity index (χ1n) is 7.28. The summed E-state index contributed by atoms with van der Waals surface area (Å²) in [4.78, 5) is 4.90. The first-order chi connectivity index (χ1) is 8.09. The van der Waals surface area contributed by atoms with E-state index >= 15 is 0 Å². The molecule has 1 unspecified atom stereocenters. The minimum Gasteiger partial charge on any atom is -0.479 e. The number of rotatable bonds is 1. The predicted molar refractivity (Wildman–Crippen MR) is 68.1 cm³/mol. The standard InChI is InChI=1S/C15H23NO/c1-10-16-14(2,9-17-10)15-6-11-3-12(7-15)5-13(4-11)8-15/h11-13H,3-9H2,1-2H3. The second-order valence-electron chi connectivity index (χ2n) is 7.39. The normalized spacial score (nSPS) is 55.9. The van der Waals surface area contributed by atoms with E-state index in [9.17, 15) is 0 Å². The highest BCUT2D eigenvalue weighted by Gasteiger charge is 2.60. The Morgan fingerprint density at radius 3 is 2.00 bits per heavy atom. The summed E-state index contributed by atoms with van der Waals surface area (Å²) in [6, 6.07) is 0. The average Bonchev–Trinajstić information content (AvgIpc) is 2.58. The lowest BCUT2D eigenvalue weighted by Crippen LogP contribution is -2.57.